The predicted molar refractivity (Wildman–Crippen MR) is 108 cm³/mol. The van der Waals surface area contributed by atoms with E-state index in [1.807, 2.05) is 0 Å². The number of hydrogen-bond donors (Lipinski definition) is 2. The lowest BCUT2D eigenvalue weighted by molar-refractivity contribution is -0.0164. The molecule has 2 aliphatic heterocycles. The maximum absolute atomic E-state index is 14.8. The van der Waals surface area contributed by atoms with Gasteiger partial charge >= 0.3 is 0 Å². The standard InChI is InChI=1S/C19H19F3N6O2S/c1-11-7-26(16(9-27(11)30)25-6-5-12(20)8-25)28(17-13(21)3-2-4-14(17)22)18(29)15-10-31-19(23)24-15/h2-4,7,9-10,12,30H,5-6,8H2,1H3,(H2,23,24)/t12-/m0/s1. The van der Waals surface area contributed by atoms with Crippen LogP contribution in [0.2, 0.25) is 0 Å². The SMILES string of the molecule is CC1=CN(N(C(=O)c2csc(N)n2)c2c(F)cccc2F)C(N2CC[C@H](F)C2)=CN1O. The summed E-state index contributed by atoms with van der Waals surface area (Å²) in [5.74, 6) is -2.67. The first-order valence-electron chi connectivity index (χ1n) is 9.32. The molecule has 1 aromatic heterocycles. The number of rotatable bonds is 4. The Balaban J connectivity index is 1.87. The van der Waals surface area contributed by atoms with Crippen molar-refractivity contribution in [1.82, 2.24) is 20.0 Å². The highest BCUT2D eigenvalue weighted by molar-refractivity contribution is 7.13. The molecule has 1 aromatic carbocycles. The van der Waals surface area contributed by atoms with Crippen molar-refractivity contribution >= 4 is 28.1 Å². The minimum absolute atomic E-state index is 0.00546. The predicted octanol–water partition coefficient (Wildman–Crippen LogP) is 3.28. The number of hydroxylamine groups is 2. The number of nitrogens with two attached hydrogens (primary N) is 1. The van der Waals surface area contributed by atoms with E-state index in [2.05, 4.69) is 4.98 Å². The number of para-hydroxylation sites is 1. The van der Waals surface area contributed by atoms with Gasteiger partial charge in [0, 0.05) is 11.9 Å². The van der Waals surface area contributed by atoms with Crippen molar-refractivity contribution in [3.8, 4) is 0 Å². The fraction of sp³-hybridized carbons (Fsp3) is 0.263. The molecule has 1 amide bonds. The average Bonchev–Trinajstić information content (AvgIpc) is 3.35. The van der Waals surface area contributed by atoms with Crippen LogP contribution in [-0.4, -0.2) is 50.3 Å². The molecular weight excluding hydrogens is 433 g/mol. The second-order valence-corrected chi connectivity index (χ2v) is 7.93. The van der Waals surface area contributed by atoms with Crippen molar-refractivity contribution in [3.63, 3.8) is 0 Å². The van der Waals surface area contributed by atoms with Crippen molar-refractivity contribution in [1.29, 1.82) is 0 Å². The molecule has 31 heavy (non-hydrogen) atoms. The van der Waals surface area contributed by atoms with Gasteiger partial charge in [-0.3, -0.25) is 10.0 Å². The lowest BCUT2D eigenvalue weighted by Crippen LogP contribution is -2.50. The van der Waals surface area contributed by atoms with Crippen molar-refractivity contribution in [3.05, 3.63) is 64.8 Å². The number of nitrogen functional groups attached to an aromatic ring is 1. The molecule has 2 aromatic rings. The van der Waals surface area contributed by atoms with Gasteiger partial charge in [-0.05, 0) is 25.5 Å². The van der Waals surface area contributed by atoms with Crippen LogP contribution < -0.4 is 10.7 Å². The second kappa shape index (κ2) is 8.12. The maximum Gasteiger partial charge on any atom is 0.297 e. The smallest absolute Gasteiger partial charge is 0.297 e. The molecule has 0 unspecified atom stereocenters. The third-order valence-corrected chi connectivity index (χ3v) is 5.57. The van der Waals surface area contributed by atoms with Crippen molar-refractivity contribution in [2.75, 3.05) is 23.8 Å². The summed E-state index contributed by atoms with van der Waals surface area (Å²) < 4.78 is 43.5. The van der Waals surface area contributed by atoms with E-state index in [0.29, 0.717) is 0 Å². The summed E-state index contributed by atoms with van der Waals surface area (Å²) in [4.78, 5) is 18.9. The molecule has 0 spiro atoms. The second-order valence-electron chi connectivity index (χ2n) is 7.04. The summed E-state index contributed by atoms with van der Waals surface area (Å²) in [5, 5.41) is 14.4. The van der Waals surface area contributed by atoms with Gasteiger partial charge in [0.15, 0.2) is 16.8 Å². The highest BCUT2D eigenvalue weighted by Gasteiger charge is 2.37. The van der Waals surface area contributed by atoms with Crippen LogP contribution in [0.4, 0.5) is 24.0 Å². The first kappa shape index (κ1) is 21.0. The van der Waals surface area contributed by atoms with E-state index >= 15 is 0 Å². The number of anilines is 2. The van der Waals surface area contributed by atoms with Crippen molar-refractivity contribution in [2.24, 2.45) is 0 Å². The van der Waals surface area contributed by atoms with Gasteiger partial charge in [-0.25, -0.2) is 33.2 Å². The number of alkyl halides is 1. The van der Waals surface area contributed by atoms with E-state index < -0.39 is 29.4 Å². The number of hydrogen-bond acceptors (Lipinski definition) is 8. The van der Waals surface area contributed by atoms with Crippen LogP contribution in [0.25, 0.3) is 0 Å². The number of hydrazine groups is 1. The Kier molecular flexibility index (Phi) is 5.50. The number of halogens is 3. The fourth-order valence-corrected chi connectivity index (χ4v) is 3.91. The van der Waals surface area contributed by atoms with Gasteiger partial charge in [0.1, 0.15) is 23.4 Å². The van der Waals surface area contributed by atoms with Crippen LogP contribution in [0.3, 0.4) is 0 Å². The van der Waals surface area contributed by atoms with Gasteiger partial charge in [-0.2, -0.15) is 0 Å². The molecule has 12 heteroatoms. The Morgan fingerprint density at radius 1 is 1.32 bits per heavy atom. The fourth-order valence-electron chi connectivity index (χ4n) is 3.38. The van der Waals surface area contributed by atoms with Crippen LogP contribution in [-0.2, 0) is 0 Å². The van der Waals surface area contributed by atoms with Gasteiger partial charge in [0.05, 0.1) is 24.6 Å². The monoisotopic (exact) mass is 452 g/mol. The molecule has 0 saturated carbocycles. The van der Waals surface area contributed by atoms with E-state index in [1.165, 1.54) is 35.8 Å². The topological polar surface area (TPSA) is 89.2 Å². The summed E-state index contributed by atoms with van der Waals surface area (Å²) in [6, 6.07) is 3.21. The maximum atomic E-state index is 14.8. The molecule has 8 nitrogen and oxygen atoms in total. The highest BCUT2D eigenvalue weighted by Crippen LogP contribution is 2.33. The van der Waals surface area contributed by atoms with Gasteiger partial charge in [-0.15, -0.1) is 11.3 Å². The van der Waals surface area contributed by atoms with Crippen LogP contribution >= 0.6 is 11.3 Å². The summed E-state index contributed by atoms with van der Waals surface area (Å²) >= 11 is 1.00. The molecule has 0 bridgehead atoms. The molecule has 0 radical (unpaired) electrons. The number of thiazole rings is 1. The molecule has 3 heterocycles. The van der Waals surface area contributed by atoms with E-state index in [0.717, 1.165) is 33.5 Å². The number of nitrogens with zero attached hydrogens (tertiary/aromatic N) is 5. The van der Waals surface area contributed by atoms with Crippen LogP contribution in [0.15, 0.2) is 47.5 Å². The minimum Gasteiger partial charge on any atom is -0.375 e. The summed E-state index contributed by atoms with van der Waals surface area (Å²) in [6.07, 6.45) is 1.70. The molecule has 1 fully saturated rings. The lowest BCUT2D eigenvalue weighted by atomic mass is 10.2. The summed E-state index contributed by atoms with van der Waals surface area (Å²) in [5.41, 5.74) is 5.13. The zero-order valence-corrected chi connectivity index (χ0v) is 17.2. The Morgan fingerprint density at radius 2 is 2.03 bits per heavy atom. The number of benzene rings is 1. The van der Waals surface area contributed by atoms with Gasteiger partial charge in [-0.1, -0.05) is 6.07 Å². The summed E-state index contributed by atoms with van der Waals surface area (Å²) in [7, 11) is 0. The third-order valence-electron chi connectivity index (χ3n) is 4.90. The van der Waals surface area contributed by atoms with Gasteiger partial charge < -0.3 is 10.6 Å². The van der Waals surface area contributed by atoms with E-state index in [4.69, 9.17) is 5.73 Å². The van der Waals surface area contributed by atoms with Crippen LogP contribution in [0.1, 0.15) is 23.8 Å². The molecule has 1 atom stereocenters. The molecule has 1 saturated heterocycles. The Hall–Kier alpha value is -3.25. The highest BCUT2D eigenvalue weighted by atomic mass is 32.1. The number of allylic oxidation sites excluding steroid dienone is 1. The van der Waals surface area contributed by atoms with E-state index in [1.54, 1.807) is 4.90 Å². The molecule has 3 N–H and O–H groups in total. The molecule has 4 rings (SSSR count). The Labute approximate surface area is 179 Å². The average molecular weight is 452 g/mol. The van der Waals surface area contributed by atoms with Gasteiger partial charge in [0.2, 0.25) is 0 Å². The lowest BCUT2D eigenvalue weighted by Gasteiger charge is -2.41. The first-order valence-corrected chi connectivity index (χ1v) is 10.2. The first-order chi connectivity index (χ1) is 14.8. The van der Waals surface area contributed by atoms with Gasteiger partial charge in [0.25, 0.3) is 5.91 Å². The molecule has 0 aliphatic carbocycles. The van der Waals surface area contributed by atoms with E-state index in [-0.39, 0.29) is 41.9 Å². The Bertz CT molecular complexity index is 1050. The largest absolute Gasteiger partial charge is 0.375 e. The minimum atomic E-state index is -1.12. The number of amides is 1. The molecule has 2 aliphatic rings. The third kappa shape index (κ3) is 3.91. The normalized spacial score (nSPS) is 18.9. The molecular formula is C19H19F3N6O2S. The van der Waals surface area contributed by atoms with E-state index in [9.17, 15) is 23.2 Å². The zero-order valence-electron chi connectivity index (χ0n) is 16.4. The Morgan fingerprint density at radius 3 is 2.61 bits per heavy atom. The zero-order chi connectivity index (χ0) is 22.3. The number of carbonyl (C=O) groups excluding carboxylic acids is 1. The number of likely N-dealkylation sites (tertiary alicyclic amines) is 1. The van der Waals surface area contributed by atoms with Crippen LogP contribution in [0.5, 0.6) is 0 Å². The molecule has 164 valence electrons. The quantitative estimate of drug-likeness (QED) is 0.736. The number of carbonyl (C=O) groups is 1. The van der Waals surface area contributed by atoms with Crippen molar-refractivity contribution < 1.29 is 23.2 Å². The van der Waals surface area contributed by atoms with Crippen molar-refractivity contribution in [2.45, 2.75) is 19.5 Å². The summed E-state index contributed by atoms with van der Waals surface area (Å²) in [6.45, 7) is 1.81. The van der Waals surface area contributed by atoms with Crippen LogP contribution in [0, 0.1) is 11.6 Å². The number of aromatic nitrogens is 1.